The molecule has 15 heavy (non-hydrogen) atoms. The Kier molecular flexibility index (Phi) is 3.50. The van der Waals surface area contributed by atoms with Gasteiger partial charge in [-0.25, -0.2) is 9.18 Å². The average molecular weight is 210 g/mol. The molecule has 0 aromatic heterocycles. The van der Waals surface area contributed by atoms with Gasteiger partial charge in [-0.05, 0) is 12.1 Å². The molecular weight excluding hydrogens is 203 g/mol. The van der Waals surface area contributed by atoms with Crippen LogP contribution in [0.2, 0.25) is 0 Å². The summed E-state index contributed by atoms with van der Waals surface area (Å²) in [7, 11) is 0. The molecule has 0 aliphatic carbocycles. The zero-order valence-electron chi connectivity index (χ0n) is 7.48. The highest BCUT2D eigenvalue weighted by atomic mass is 19.1. The molecule has 2 N–H and O–H groups in total. The zero-order valence-corrected chi connectivity index (χ0v) is 7.48. The number of carboxylic acids is 1. The highest BCUT2D eigenvalue weighted by molar-refractivity contribution is 6.13. The highest BCUT2D eigenvalue weighted by Crippen LogP contribution is 2.18. The summed E-state index contributed by atoms with van der Waals surface area (Å²) in [5, 5.41) is 12.1. The second kappa shape index (κ2) is 4.85. The Morgan fingerprint density at radius 3 is 2.87 bits per heavy atom. The van der Waals surface area contributed by atoms with Gasteiger partial charge in [0.25, 0.3) is 0 Å². The third kappa shape index (κ3) is 2.60. The predicted molar refractivity (Wildman–Crippen MR) is 51.5 cm³/mol. The van der Waals surface area contributed by atoms with E-state index in [1.165, 1.54) is 12.1 Å². The Labute approximate surface area is 84.2 Å². The van der Waals surface area contributed by atoms with E-state index in [0.717, 1.165) is 12.3 Å². The number of halogens is 1. The van der Waals surface area contributed by atoms with Crippen molar-refractivity contribution >= 4 is 24.2 Å². The summed E-state index contributed by atoms with van der Waals surface area (Å²) in [6.45, 7) is 0. The number of hydrogen-bond donors (Lipinski definition) is 2. The van der Waals surface area contributed by atoms with Crippen LogP contribution in [0.15, 0.2) is 23.3 Å². The van der Waals surface area contributed by atoms with Gasteiger partial charge in [0.2, 0.25) is 0 Å². The van der Waals surface area contributed by atoms with Gasteiger partial charge in [-0.3, -0.25) is 10.2 Å². The summed E-state index contributed by atoms with van der Waals surface area (Å²) in [5.41, 5.74) is 1.73. The molecule has 0 aliphatic rings. The van der Waals surface area contributed by atoms with Crippen molar-refractivity contribution in [3.8, 4) is 0 Å². The Morgan fingerprint density at radius 1 is 1.53 bits per heavy atom. The molecule has 0 radical (unpaired) electrons. The monoisotopic (exact) mass is 210 g/mol. The highest BCUT2D eigenvalue weighted by Gasteiger charge is 2.14. The van der Waals surface area contributed by atoms with Crippen LogP contribution in [-0.2, 0) is 4.79 Å². The molecule has 0 unspecified atom stereocenters. The Balaban J connectivity index is 3.06. The molecular formula is C9H7FN2O3. The Bertz CT molecular complexity index is 418. The van der Waals surface area contributed by atoms with Gasteiger partial charge < -0.3 is 5.11 Å². The minimum atomic E-state index is -1.41. The van der Waals surface area contributed by atoms with Gasteiger partial charge in [0.1, 0.15) is 11.4 Å². The van der Waals surface area contributed by atoms with E-state index in [1.807, 2.05) is 0 Å². The van der Waals surface area contributed by atoms with Gasteiger partial charge in [0.15, 0.2) is 6.29 Å². The molecule has 0 atom stereocenters. The average Bonchev–Trinajstić information content (AvgIpc) is 2.17. The molecule has 0 heterocycles. The van der Waals surface area contributed by atoms with Crippen molar-refractivity contribution in [2.45, 2.75) is 0 Å². The first-order valence-electron chi connectivity index (χ1n) is 3.91. The SMILES string of the molecule is O=CC=NNc1cccc(F)c1C(=O)O. The van der Waals surface area contributed by atoms with Crippen LogP contribution < -0.4 is 5.43 Å². The molecule has 78 valence electrons. The van der Waals surface area contributed by atoms with E-state index in [-0.39, 0.29) is 5.69 Å². The van der Waals surface area contributed by atoms with Gasteiger partial charge in [-0.15, -0.1) is 0 Å². The van der Waals surface area contributed by atoms with Crippen molar-refractivity contribution in [3.05, 3.63) is 29.6 Å². The third-order valence-corrected chi connectivity index (χ3v) is 1.55. The van der Waals surface area contributed by atoms with Crippen molar-refractivity contribution < 1.29 is 19.1 Å². The number of nitrogens with one attached hydrogen (secondary N) is 1. The van der Waals surface area contributed by atoms with Crippen LogP contribution >= 0.6 is 0 Å². The van der Waals surface area contributed by atoms with E-state index in [1.54, 1.807) is 0 Å². The van der Waals surface area contributed by atoms with Crippen LogP contribution in [0.5, 0.6) is 0 Å². The summed E-state index contributed by atoms with van der Waals surface area (Å²) < 4.78 is 13.1. The molecule has 1 aromatic rings. The molecule has 0 amide bonds. The lowest BCUT2D eigenvalue weighted by molar-refractivity contribution is -0.102. The van der Waals surface area contributed by atoms with E-state index in [9.17, 15) is 14.0 Å². The summed E-state index contributed by atoms with van der Waals surface area (Å²) >= 11 is 0. The summed E-state index contributed by atoms with van der Waals surface area (Å²) in [5.74, 6) is -2.27. The second-order valence-electron chi connectivity index (χ2n) is 2.49. The smallest absolute Gasteiger partial charge is 0.340 e. The summed E-state index contributed by atoms with van der Waals surface area (Å²) in [4.78, 5) is 20.6. The van der Waals surface area contributed by atoms with Crippen molar-refractivity contribution in [3.63, 3.8) is 0 Å². The van der Waals surface area contributed by atoms with Crippen LogP contribution in [0.25, 0.3) is 0 Å². The van der Waals surface area contributed by atoms with Crippen LogP contribution in [0.3, 0.4) is 0 Å². The van der Waals surface area contributed by atoms with Gasteiger partial charge in [-0.2, -0.15) is 5.10 Å². The topological polar surface area (TPSA) is 78.8 Å². The lowest BCUT2D eigenvalue weighted by Gasteiger charge is -2.04. The molecule has 0 saturated heterocycles. The fraction of sp³-hybridized carbons (Fsp3) is 0. The molecule has 1 rings (SSSR count). The molecule has 0 bridgehead atoms. The number of nitrogens with zero attached hydrogens (tertiary/aromatic N) is 1. The number of aromatic carboxylic acids is 1. The van der Waals surface area contributed by atoms with Crippen LogP contribution in [0.1, 0.15) is 10.4 Å². The van der Waals surface area contributed by atoms with Gasteiger partial charge in [-0.1, -0.05) is 6.07 Å². The molecule has 0 spiro atoms. The van der Waals surface area contributed by atoms with Gasteiger partial charge in [0, 0.05) is 0 Å². The van der Waals surface area contributed by atoms with E-state index < -0.39 is 17.3 Å². The van der Waals surface area contributed by atoms with E-state index in [0.29, 0.717) is 6.29 Å². The first-order valence-corrected chi connectivity index (χ1v) is 3.91. The maximum Gasteiger partial charge on any atom is 0.340 e. The van der Waals surface area contributed by atoms with Crippen molar-refractivity contribution in [1.82, 2.24) is 0 Å². The third-order valence-electron chi connectivity index (χ3n) is 1.55. The lowest BCUT2D eigenvalue weighted by Crippen LogP contribution is -2.05. The second-order valence-corrected chi connectivity index (χ2v) is 2.49. The molecule has 0 fully saturated rings. The van der Waals surface area contributed by atoms with E-state index in [4.69, 9.17) is 5.11 Å². The normalized spacial score (nSPS) is 10.2. The number of carbonyl (C=O) groups is 2. The van der Waals surface area contributed by atoms with Crippen LogP contribution in [0, 0.1) is 5.82 Å². The lowest BCUT2D eigenvalue weighted by atomic mass is 10.2. The van der Waals surface area contributed by atoms with E-state index in [2.05, 4.69) is 10.5 Å². The number of hydrazone groups is 1. The van der Waals surface area contributed by atoms with Crippen molar-refractivity contribution in [2.75, 3.05) is 5.43 Å². The molecule has 1 aromatic carbocycles. The first kappa shape index (κ1) is 10.8. The van der Waals surface area contributed by atoms with E-state index >= 15 is 0 Å². The first-order chi connectivity index (χ1) is 7.16. The molecule has 5 nitrogen and oxygen atoms in total. The van der Waals surface area contributed by atoms with Crippen molar-refractivity contribution in [2.24, 2.45) is 5.10 Å². The maximum atomic E-state index is 13.1. The number of hydrogen-bond acceptors (Lipinski definition) is 4. The summed E-state index contributed by atoms with van der Waals surface area (Å²) in [6, 6.07) is 3.70. The predicted octanol–water partition coefficient (Wildman–Crippen LogP) is 1.12. The van der Waals surface area contributed by atoms with Crippen molar-refractivity contribution in [1.29, 1.82) is 0 Å². The Hall–Kier alpha value is -2.24. The number of anilines is 1. The fourth-order valence-electron chi connectivity index (χ4n) is 0.972. The summed E-state index contributed by atoms with van der Waals surface area (Å²) in [6.07, 6.45) is 1.29. The quantitative estimate of drug-likeness (QED) is 0.443. The van der Waals surface area contributed by atoms with Gasteiger partial charge in [0.05, 0.1) is 11.9 Å². The number of carbonyl (C=O) groups excluding carboxylic acids is 1. The zero-order chi connectivity index (χ0) is 11.3. The van der Waals surface area contributed by atoms with Gasteiger partial charge >= 0.3 is 5.97 Å². The fourth-order valence-corrected chi connectivity index (χ4v) is 0.972. The van der Waals surface area contributed by atoms with Crippen LogP contribution in [0.4, 0.5) is 10.1 Å². The Morgan fingerprint density at radius 2 is 2.27 bits per heavy atom. The van der Waals surface area contributed by atoms with Crippen LogP contribution in [-0.4, -0.2) is 23.6 Å². The number of aldehydes is 1. The molecule has 0 aliphatic heterocycles. The number of carboxylic acid groups (broad SMARTS) is 1. The molecule has 0 saturated carbocycles. The number of rotatable bonds is 4. The molecule has 6 heteroatoms. The standard InChI is InChI=1S/C9H7FN2O3/c10-6-2-1-3-7(8(6)9(14)15)12-11-4-5-13/h1-5,12H,(H,14,15). The minimum Gasteiger partial charge on any atom is -0.478 e. The minimum absolute atomic E-state index is 0.0133. The largest absolute Gasteiger partial charge is 0.478 e. The number of benzene rings is 1. The maximum absolute atomic E-state index is 13.1.